The summed E-state index contributed by atoms with van der Waals surface area (Å²) in [5, 5.41) is 2.82. The Balaban J connectivity index is 1.59. The Labute approximate surface area is 146 Å². The molecule has 1 atom stereocenters. The molecule has 7 nitrogen and oxygen atoms in total. The maximum Gasteiger partial charge on any atom is 0.325 e. The summed E-state index contributed by atoms with van der Waals surface area (Å²) < 4.78 is 5.68. The second kappa shape index (κ2) is 6.74. The number of urea groups is 1. The van der Waals surface area contributed by atoms with Gasteiger partial charge in [-0.3, -0.25) is 14.5 Å². The van der Waals surface area contributed by atoms with Crippen LogP contribution in [0.2, 0.25) is 0 Å². The number of hydrogen-bond donors (Lipinski definition) is 1. The molecule has 2 saturated heterocycles. The van der Waals surface area contributed by atoms with Gasteiger partial charge in [-0.2, -0.15) is 0 Å². The van der Waals surface area contributed by atoms with Crippen LogP contribution in [0.3, 0.4) is 0 Å². The van der Waals surface area contributed by atoms with Crippen LogP contribution in [0.4, 0.5) is 4.79 Å². The van der Waals surface area contributed by atoms with Crippen LogP contribution in [0.25, 0.3) is 0 Å². The third kappa shape index (κ3) is 3.18. The Morgan fingerprint density at radius 1 is 1.24 bits per heavy atom. The van der Waals surface area contributed by atoms with Gasteiger partial charge in [-0.1, -0.05) is 18.2 Å². The lowest BCUT2D eigenvalue weighted by molar-refractivity contribution is -0.142. The molecule has 2 aliphatic rings. The lowest BCUT2D eigenvalue weighted by Gasteiger charge is -2.38. The van der Waals surface area contributed by atoms with Crippen molar-refractivity contribution in [3.8, 4) is 5.75 Å². The number of likely N-dealkylation sites (N-methyl/N-ethyl adjacent to an activating group) is 1. The maximum absolute atomic E-state index is 12.6. The number of nitrogens with zero attached hydrogens (tertiary/aromatic N) is 2. The average molecular weight is 345 g/mol. The molecule has 1 spiro atoms. The molecule has 3 rings (SSSR count). The summed E-state index contributed by atoms with van der Waals surface area (Å²) in [6.07, 6.45) is 0.257. The molecule has 134 valence electrons. The highest BCUT2D eigenvalue weighted by Crippen LogP contribution is 2.29. The third-order valence-electron chi connectivity index (χ3n) is 4.89. The summed E-state index contributed by atoms with van der Waals surface area (Å²) in [5.41, 5.74) is -0.854. The molecule has 7 heteroatoms. The van der Waals surface area contributed by atoms with E-state index in [0.717, 1.165) is 0 Å². The van der Waals surface area contributed by atoms with Gasteiger partial charge in [-0.05, 0) is 38.8 Å². The van der Waals surface area contributed by atoms with Crippen molar-refractivity contribution in [2.75, 3.05) is 19.6 Å². The molecule has 4 amide bonds. The predicted molar refractivity (Wildman–Crippen MR) is 91.0 cm³/mol. The van der Waals surface area contributed by atoms with E-state index in [1.54, 1.807) is 30.9 Å². The predicted octanol–water partition coefficient (Wildman–Crippen LogP) is 1.39. The minimum atomic E-state index is -0.854. The van der Waals surface area contributed by atoms with E-state index in [1.807, 2.05) is 18.2 Å². The Bertz CT molecular complexity index is 668. The minimum absolute atomic E-state index is 0.108. The van der Waals surface area contributed by atoms with Crippen molar-refractivity contribution in [1.29, 1.82) is 0 Å². The van der Waals surface area contributed by atoms with Gasteiger partial charge in [0.05, 0.1) is 0 Å². The number of para-hydroxylation sites is 1. The van der Waals surface area contributed by atoms with Gasteiger partial charge in [0, 0.05) is 19.6 Å². The van der Waals surface area contributed by atoms with Crippen molar-refractivity contribution in [3.63, 3.8) is 0 Å². The number of carbonyl (C=O) groups excluding carboxylic acids is 3. The SMILES string of the molecule is CCN1C(=O)NC2(CCN(C(=O)C(C)Oc3ccccc3)CC2)C1=O. The molecule has 1 unspecified atom stereocenters. The highest BCUT2D eigenvalue weighted by Gasteiger charge is 2.52. The number of imide groups is 1. The van der Waals surface area contributed by atoms with Gasteiger partial charge in [0.25, 0.3) is 11.8 Å². The zero-order chi connectivity index (χ0) is 18.0. The molecular formula is C18H23N3O4. The fourth-order valence-electron chi connectivity index (χ4n) is 3.42. The largest absolute Gasteiger partial charge is 0.481 e. The van der Waals surface area contributed by atoms with E-state index in [1.165, 1.54) is 4.90 Å². The Morgan fingerprint density at radius 2 is 1.88 bits per heavy atom. The topological polar surface area (TPSA) is 79.0 Å². The average Bonchev–Trinajstić information content (AvgIpc) is 2.85. The van der Waals surface area contributed by atoms with E-state index in [0.29, 0.717) is 38.2 Å². The minimum Gasteiger partial charge on any atom is -0.481 e. The van der Waals surface area contributed by atoms with Crippen molar-refractivity contribution in [2.24, 2.45) is 0 Å². The normalized spacial score (nSPS) is 20.6. The van der Waals surface area contributed by atoms with Crippen LogP contribution >= 0.6 is 0 Å². The van der Waals surface area contributed by atoms with E-state index >= 15 is 0 Å². The van der Waals surface area contributed by atoms with Crippen molar-refractivity contribution < 1.29 is 19.1 Å². The second-order valence-electron chi connectivity index (χ2n) is 6.46. The lowest BCUT2D eigenvalue weighted by atomic mass is 9.87. The fraction of sp³-hybridized carbons (Fsp3) is 0.500. The van der Waals surface area contributed by atoms with Gasteiger partial charge in [0.1, 0.15) is 11.3 Å². The summed E-state index contributed by atoms with van der Waals surface area (Å²) in [7, 11) is 0. The zero-order valence-electron chi connectivity index (χ0n) is 14.5. The number of hydrogen-bond acceptors (Lipinski definition) is 4. The number of likely N-dealkylation sites (tertiary alicyclic amines) is 1. The molecule has 1 aromatic rings. The molecule has 2 heterocycles. The molecule has 25 heavy (non-hydrogen) atoms. The number of benzene rings is 1. The Kier molecular flexibility index (Phi) is 4.65. The Hall–Kier alpha value is -2.57. The van der Waals surface area contributed by atoms with Gasteiger partial charge in [-0.15, -0.1) is 0 Å². The van der Waals surface area contributed by atoms with E-state index in [9.17, 15) is 14.4 Å². The van der Waals surface area contributed by atoms with Crippen LogP contribution in [0.5, 0.6) is 5.75 Å². The standard InChI is InChI=1S/C18H23N3O4/c1-3-21-16(23)18(19-17(21)24)9-11-20(12-10-18)15(22)13(2)25-14-7-5-4-6-8-14/h4-8,13H,3,9-12H2,1-2H3,(H,19,24). The van der Waals surface area contributed by atoms with E-state index in [-0.39, 0.29) is 17.8 Å². The van der Waals surface area contributed by atoms with Gasteiger partial charge in [0.2, 0.25) is 0 Å². The fourth-order valence-corrected chi connectivity index (χ4v) is 3.42. The molecule has 0 aliphatic carbocycles. The first-order valence-electron chi connectivity index (χ1n) is 8.61. The third-order valence-corrected chi connectivity index (χ3v) is 4.89. The second-order valence-corrected chi connectivity index (χ2v) is 6.46. The van der Waals surface area contributed by atoms with Crippen LogP contribution in [0.1, 0.15) is 26.7 Å². The molecule has 1 aromatic carbocycles. The maximum atomic E-state index is 12.6. The molecule has 0 aromatic heterocycles. The molecule has 0 saturated carbocycles. The van der Waals surface area contributed by atoms with Crippen molar-refractivity contribution in [3.05, 3.63) is 30.3 Å². The molecule has 0 radical (unpaired) electrons. The van der Waals surface area contributed by atoms with Gasteiger partial charge >= 0.3 is 6.03 Å². The highest BCUT2D eigenvalue weighted by molar-refractivity contribution is 6.07. The van der Waals surface area contributed by atoms with E-state index in [2.05, 4.69) is 5.32 Å². The van der Waals surface area contributed by atoms with Gasteiger partial charge < -0.3 is 15.0 Å². The summed E-state index contributed by atoms with van der Waals surface area (Å²) in [5.74, 6) is 0.358. The number of ether oxygens (including phenoxy) is 1. The Morgan fingerprint density at radius 3 is 2.44 bits per heavy atom. The molecular weight excluding hydrogens is 322 g/mol. The van der Waals surface area contributed by atoms with Gasteiger partial charge in [-0.25, -0.2) is 4.79 Å². The highest BCUT2D eigenvalue weighted by atomic mass is 16.5. The summed E-state index contributed by atoms with van der Waals surface area (Å²) in [4.78, 5) is 39.9. The summed E-state index contributed by atoms with van der Waals surface area (Å²) in [6.45, 7) is 4.70. The van der Waals surface area contributed by atoms with Crippen LogP contribution in [-0.4, -0.2) is 58.9 Å². The first kappa shape index (κ1) is 17.3. The molecule has 1 N–H and O–H groups in total. The van der Waals surface area contributed by atoms with Crippen molar-refractivity contribution in [1.82, 2.24) is 15.1 Å². The van der Waals surface area contributed by atoms with Gasteiger partial charge in [0.15, 0.2) is 6.10 Å². The van der Waals surface area contributed by atoms with Crippen LogP contribution in [0.15, 0.2) is 30.3 Å². The smallest absolute Gasteiger partial charge is 0.325 e. The first-order chi connectivity index (χ1) is 12.0. The summed E-state index contributed by atoms with van der Waals surface area (Å²) >= 11 is 0. The number of nitrogens with one attached hydrogen (secondary N) is 1. The van der Waals surface area contributed by atoms with Crippen LogP contribution in [-0.2, 0) is 9.59 Å². The lowest BCUT2D eigenvalue weighted by Crippen LogP contribution is -2.57. The number of carbonyl (C=O) groups is 3. The molecule has 2 aliphatic heterocycles. The zero-order valence-corrected chi connectivity index (χ0v) is 14.5. The van der Waals surface area contributed by atoms with Crippen molar-refractivity contribution in [2.45, 2.75) is 38.3 Å². The van der Waals surface area contributed by atoms with Crippen molar-refractivity contribution >= 4 is 17.8 Å². The van der Waals surface area contributed by atoms with Crippen LogP contribution in [0, 0.1) is 0 Å². The number of piperidine rings is 1. The van der Waals surface area contributed by atoms with E-state index in [4.69, 9.17) is 4.74 Å². The number of rotatable bonds is 4. The number of amides is 4. The summed E-state index contributed by atoms with van der Waals surface area (Å²) in [6, 6.07) is 8.86. The van der Waals surface area contributed by atoms with Crippen LogP contribution < -0.4 is 10.1 Å². The monoisotopic (exact) mass is 345 g/mol. The quantitative estimate of drug-likeness (QED) is 0.837. The first-order valence-corrected chi connectivity index (χ1v) is 8.61. The molecule has 0 bridgehead atoms. The molecule has 2 fully saturated rings. The van der Waals surface area contributed by atoms with E-state index < -0.39 is 11.6 Å².